The van der Waals surface area contributed by atoms with Gasteiger partial charge < -0.3 is 0 Å². The number of piperidine rings is 1. The molecule has 1 saturated heterocycles. The maximum absolute atomic E-state index is 13.0. The summed E-state index contributed by atoms with van der Waals surface area (Å²) in [6.07, 6.45) is 10.4. The minimum Gasteiger partial charge on any atom is -0.241 e. The Kier molecular flexibility index (Phi) is 4.15. The van der Waals surface area contributed by atoms with Gasteiger partial charge in [0.1, 0.15) is 5.82 Å². The average molecular weight is 350 g/mol. The van der Waals surface area contributed by atoms with Crippen molar-refractivity contribution >= 4 is 10.0 Å². The Labute approximate surface area is 144 Å². The van der Waals surface area contributed by atoms with E-state index >= 15 is 0 Å². The molecule has 1 unspecified atom stereocenters. The molecular formula is C18H27N3O2S. The minimum atomic E-state index is -3.15. The third-order valence-corrected chi connectivity index (χ3v) is 8.21. The molecule has 0 N–H and O–H groups in total. The number of aryl methyl sites for hydroxylation is 2. The van der Waals surface area contributed by atoms with Gasteiger partial charge in [0, 0.05) is 24.7 Å². The van der Waals surface area contributed by atoms with Crippen molar-refractivity contribution < 1.29 is 8.42 Å². The molecule has 0 bridgehead atoms. The van der Waals surface area contributed by atoms with Crippen LogP contribution in [0, 0.1) is 12.8 Å². The number of fused-ring (bicyclic) bond motifs is 2. The van der Waals surface area contributed by atoms with Crippen LogP contribution in [0.15, 0.2) is 6.20 Å². The van der Waals surface area contributed by atoms with E-state index in [1.165, 1.54) is 18.4 Å². The molecule has 3 aliphatic rings. The molecule has 2 aliphatic carbocycles. The van der Waals surface area contributed by atoms with Gasteiger partial charge in [-0.2, -0.15) is 0 Å². The topological polar surface area (TPSA) is 63.2 Å². The average Bonchev–Trinajstić information content (AvgIpc) is 3.17. The van der Waals surface area contributed by atoms with E-state index in [4.69, 9.17) is 4.98 Å². The Bertz CT molecular complexity index is 724. The lowest BCUT2D eigenvalue weighted by atomic mass is 9.78. The summed E-state index contributed by atoms with van der Waals surface area (Å²) in [6, 6.07) is 0. The number of hydrogen-bond donors (Lipinski definition) is 0. The van der Waals surface area contributed by atoms with Gasteiger partial charge in [0.2, 0.25) is 10.0 Å². The smallest absolute Gasteiger partial charge is 0.214 e. The van der Waals surface area contributed by atoms with E-state index in [0.717, 1.165) is 50.0 Å². The van der Waals surface area contributed by atoms with Crippen LogP contribution in [0.4, 0.5) is 0 Å². The van der Waals surface area contributed by atoms with Gasteiger partial charge in [-0.25, -0.2) is 22.7 Å². The zero-order valence-electron chi connectivity index (χ0n) is 14.5. The van der Waals surface area contributed by atoms with Crippen LogP contribution in [0.2, 0.25) is 0 Å². The highest BCUT2D eigenvalue weighted by molar-refractivity contribution is 7.89. The molecule has 1 aliphatic heterocycles. The lowest BCUT2D eigenvalue weighted by Crippen LogP contribution is -2.49. The predicted octanol–water partition coefficient (Wildman–Crippen LogP) is 2.58. The van der Waals surface area contributed by atoms with Crippen molar-refractivity contribution in [3.8, 4) is 0 Å². The minimum absolute atomic E-state index is 0.0793. The molecule has 2 fully saturated rings. The lowest BCUT2D eigenvalue weighted by molar-refractivity contribution is 0.218. The Morgan fingerprint density at radius 2 is 2.04 bits per heavy atom. The molecule has 0 aromatic carbocycles. The Balaban J connectivity index is 1.57. The fourth-order valence-electron chi connectivity index (χ4n) is 4.93. The molecule has 4 rings (SSSR count). The fourth-order valence-corrected chi connectivity index (χ4v) is 6.92. The number of nitrogens with zero attached hydrogens (tertiary/aromatic N) is 3. The van der Waals surface area contributed by atoms with E-state index in [1.807, 2.05) is 13.1 Å². The molecule has 1 atom stereocenters. The molecule has 1 saturated carbocycles. The second-order valence-electron chi connectivity index (χ2n) is 7.94. The zero-order valence-corrected chi connectivity index (χ0v) is 15.3. The van der Waals surface area contributed by atoms with Gasteiger partial charge in [-0.05, 0) is 56.9 Å². The summed E-state index contributed by atoms with van der Waals surface area (Å²) in [6.45, 7) is 3.21. The summed E-state index contributed by atoms with van der Waals surface area (Å²) in [4.78, 5) is 9.04. The molecule has 2 heterocycles. The van der Waals surface area contributed by atoms with Crippen LogP contribution in [-0.2, 0) is 21.9 Å². The van der Waals surface area contributed by atoms with Crippen molar-refractivity contribution in [2.24, 2.45) is 5.92 Å². The molecular weight excluding hydrogens is 322 g/mol. The fraction of sp³-hybridized carbons (Fsp3) is 0.778. The van der Waals surface area contributed by atoms with Gasteiger partial charge >= 0.3 is 0 Å². The summed E-state index contributed by atoms with van der Waals surface area (Å²) >= 11 is 0. The van der Waals surface area contributed by atoms with Gasteiger partial charge in [-0.1, -0.05) is 12.8 Å². The Hall–Kier alpha value is -1.01. The molecule has 5 nitrogen and oxygen atoms in total. The van der Waals surface area contributed by atoms with Crippen LogP contribution in [0.25, 0.3) is 0 Å². The van der Waals surface area contributed by atoms with Crippen LogP contribution in [0.3, 0.4) is 0 Å². The first kappa shape index (κ1) is 16.5. The maximum atomic E-state index is 13.0. The van der Waals surface area contributed by atoms with Gasteiger partial charge in [-0.15, -0.1) is 0 Å². The Morgan fingerprint density at radius 3 is 2.83 bits per heavy atom. The molecule has 1 spiro atoms. The van der Waals surface area contributed by atoms with Crippen molar-refractivity contribution in [2.45, 2.75) is 63.7 Å². The normalized spacial score (nSPS) is 28.5. The summed E-state index contributed by atoms with van der Waals surface area (Å²) in [7, 11) is -3.15. The van der Waals surface area contributed by atoms with Crippen LogP contribution >= 0.6 is 0 Å². The third-order valence-electron chi connectivity index (χ3n) is 6.22. The predicted molar refractivity (Wildman–Crippen MR) is 93.3 cm³/mol. The summed E-state index contributed by atoms with van der Waals surface area (Å²) < 4.78 is 27.7. The SMILES string of the molecule is Cc1ncc2c(n1)C1(CCCN(S(=O)(=O)CC3CCCC3)C1)CC2. The first-order valence-electron chi connectivity index (χ1n) is 9.29. The van der Waals surface area contributed by atoms with Gasteiger partial charge in [0.25, 0.3) is 0 Å². The number of rotatable bonds is 3. The largest absolute Gasteiger partial charge is 0.241 e. The van der Waals surface area contributed by atoms with E-state index < -0.39 is 10.0 Å². The standard InChI is InChI=1S/C18H27N3O2S/c1-14-19-11-16-7-9-18(17(16)20-14)8-4-10-21(13-18)24(22,23)12-15-5-2-3-6-15/h11,15H,2-10,12-13H2,1H3. The van der Waals surface area contributed by atoms with Crippen molar-refractivity contribution in [1.82, 2.24) is 14.3 Å². The highest BCUT2D eigenvalue weighted by Gasteiger charge is 2.46. The molecule has 6 heteroatoms. The van der Waals surface area contributed by atoms with E-state index in [0.29, 0.717) is 24.8 Å². The first-order valence-corrected chi connectivity index (χ1v) is 10.9. The summed E-state index contributed by atoms with van der Waals surface area (Å²) in [5.41, 5.74) is 2.26. The second-order valence-corrected chi connectivity index (χ2v) is 9.95. The molecule has 24 heavy (non-hydrogen) atoms. The molecule has 1 aromatic heterocycles. The summed E-state index contributed by atoms with van der Waals surface area (Å²) in [5, 5.41) is 0. The van der Waals surface area contributed by atoms with Crippen molar-refractivity contribution in [1.29, 1.82) is 0 Å². The van der Waals surface area contributed by atoms with Crippen LogP contribution in [0.1, 0.15) is 62.0 Å². The van der Waals surface area contributed by atoms with Crippen LogP contribution in [0.5, 0.6) is 0 Å². The number of sulfonamides is 1. The van der Waals surface area contributed by atoms with Gasteiger partial charge in [0.05, 0.1) is 11.4 Å². The maximum Gasteiger partial charge on any atom is 0.214 e. The van der Waals surface area contributed by atoms with E-state index in [1.54, 1.807) is 4.31 Å². The highest BCUT2D eigenvalue weighted by atomic mass is 32.2. The monoisotopic (exact) mass is 349 g/mol. The Morgan fingerprint density at radius 1 is 1.25 bits per heavy atom. The quantitative estimate of drug-likeness (QED) is 0.841. The molecule has 1 aromatic rings. The summed E-state index contributed by atoms with van der Waals surface area (Å²) in [5.74, 6) is 1.51. The molecule has 132 valence electrons. The number of aromatic nitrogens is 2. The second kappa shape index (κ2) is 6.06. The highest BCUT2D eigenvalue weighted by Crippen LogP contribution is 2.44. The molecule has 0 radical (unpaired) electrons. The van der Waals surface area contributed by atoms with Crippen molar-refractivity contribution in [3.05, 3.63) is 23.3 Å². The van der Waals surface area contributed by atoms with Crippen molar-refractivity contribution in [2.75, 3.05) is 18.8 Å². The van der Waals surface area contributed by atoms with Crippen LogP contribution < -0.4 is 0 Å². The van der Waals surface area contributed by atoms with E-state index in [-0.39, 0.29) is 5.41 Å². The third kappa shape index (κ3) is 2.88. The lowest BCUT2D eigenvalue weighted by Gasteiger charge is -2.40. The zero-order chi connectivity index (χ0) is 16.8. The first-order chi connectivity index (χ1) is 11.5. The van der Waals surface area contributed by atoms with E-state index in [9.17, 15) is 8.42 Å². The molecule has 0 amide bonds. The number of hydrogen-bond acceptors (Lipinski definition) is 4. The van der Waals surface area contributed by atoms with Gasteiger partial charge in [-0.3, -0.25) is 0 Å². The van der Waals surface area contributed by atoms with Gasteiger partial charge in [0.15, 0.2) is 0 Å². The van der Waals surface area contributed by atoms with E-state index in [2.05, 4.69) is 4.98 Å². The van der Waals surface area contributed by atoms with Crippen molar-refractivity contribution in [3.63, 3.8) is 0 Å². The van der Waals surface area contributed by atoms with Crippen LogP contribution in [-0.4, -0.2) is 41.5 Å².